The first-order valence-corrected chi connectivity index (χ1v) is 14.2. The smallest absolute Gasteiger partial charge is 0.358 e. The van der Waals surface area contributed by atoms with E-state index < -0.39 is 17.6 Å². The summed E-state index contributed by atoms with van der Waals surface area (Å²) in [6, 6.07) is 14.6. The number of aromatic nitrogens is 4. The third-order valence-corrected chi connectivity index (χ3v) is 7.75. The molecule has 0 unspecified atom stereocenters. The minimum atomic E-state index is -4.59. The molecule has 3 N–H and O–H groups in total. The van der Waals surface area contributed by atoms with E-state index in [1.165, 1.54) is 12.1 Å². The Bertz CT molecular complexity index is 1800. The van der Waals surface area contributed by atoms with Crippen molar-refractivity contribution in [3.63, 3.8) is 0 Å². The van der Waals surface area contributed by atoms with Gasteiger partial charge in [0, 0.05) is 73.8 Å². The summed E-state index contributed by atoms with van der Waals surface area (Å²) in [7, 11) is 1.99. The molecule has 1 fully saturated rings. The molecule has 2 aromatic carbocycles. The van der Waals surface area contributed by atoms with E-state index in [-0.39, 0.29) is 17.7 Å². The van der Waals surface area contributed by atoms with Crippen molar-refractivity contribution in [2.24, 2.45) is 0 Å². The number of fused-ring (bicyclic) bond motifs is 1. The second-order valence-corrected chi connectivity index (χ2v) is 10.9. The number of likely N-dealkylation sites (N-methyl/N-ethyl adjacent to an activating group) is 1. The highest BCUT2D eigenvalue weighted by Gasteiger charge is 2.34. The fourth-order valence-electron chi connectivity index (χ4n) is 5.24. The number of benzene rings is 2. The van der Waals surface area contributed by atoms with Crippen LogP contribution in [0, 0.1) is 6.92 Å². The van der Waals surface area contributed by atoms with Crippen LogP contribution in [0.2, 0.25) is 0 Å². The van der Waals surface area contributed by atoms with Crippen molar-refractivity contribution in [3.8, 4) is 11.3 Å². The summed E-state index contributed by atoms with van der Waals surface area (Å²) in [4.78, 5) is 34.0. The topological polar surface area (TPSA) is 102 Å². The number of hydrogen-bond acceptors (Lipinski definition) is 7. The highest BCUT2D eigenvalue weighted by Crippen LogP contribution is 2.34. The summed E-state index contributed by atoms with van der Waals surface area (Å²) < 4.78 is 42.2. The molecule has 5 aromatic rings. The predicted molar refractivity (Wildman–Crippen MR) is 164 cm³/mol. The summed E-state index contributed by atoms with van der Waals surface area (Å²) in [6.45, 7) is 5.04. The van der Waals surface area contributed by atoms with Crippen LogP contribution in [-0.4, -0.2) is 68.9 Å². The number of anilines is 3. The lowest BCUT2D eigenvalue weighted by molar-refractivity contribution is -0.138. The van der Waals surface area contributed by atoms with E-state index in [2.05, 4.69) is 30.5 Å². The normalized spacial score (nSPS) is 14.6. The van der Waals surface area contributed by atoms with Gasteiger partial charge in [-0.05, 0) is 67.6 Å². The fourth-order valence-corrected chi connectivity index (χ4v) is 5.24. The van der Waals surface area contributed by atoms with Gasteiger partial charge in [-0.25, -0.2) is 9.97 Å². The van der Waals surface area contributed by atoms with E-state index >= 15 is 0 Å². The average Bonchev–Trinajstić information content (AvgIpc) is 3.48. The molecule has 1 saturated heterocycles. The van der Waals surface area contributed by atoms with Crippen molar-refractivity contribution >= 4 is 34.3 Å². The molecule has 226 valence electrons. The van der Waals surface area contributed by atoms with E-state index in [0.29, 0.717) is 41.6 Å². The third-order valence-electron chi connectivity index (χ3n) is 7.75. The SMILES string of the molecule is Cc1ccc(NC(=O)c2ccc(CN3CCN(C)CC3)c(C(F)(F)F)c2)cc1Nc1nc(-c2cccnc2)c2[nH]ccc2n1. The molecular weight excluding hydrogens is 569 g/mol. The number of amides is 1. The van der Waals surface area contributed by atoms with Crippen molar-refractivity contribution in [2.45, 2.75) is 19.6 Å². The van der Waals surface area contributed by atoms with Gasteiger partial charge in [-0.1, -0.05) is 12.1 Å². The second kappa shape index (κ2) is 12.1. The Morgan fingerprint density at radius 1 is 1.02 bits per heavy atom. The number of carbonyl (C=O) groups is 1. The van der Waals surface area contributed by atoms with Gasteiger partial charge in [0.05, 0.1) is 16.6 Å². The molecule has 4 heterocycles. The minimum absolute atomic E-state index is 0.0723. The van der Waals surface area contributed by atoms with Crippen LogP contribution < -0.4 is 10.6 Å². The summed E-state index contributed by atoms with van der Waals surface area (Å²) in [5.41, 5.74) is 4.16. The third kappa shape index (κ3) is 6.41. The van der Waals surface area contributed by atoms with Gasteiger partial charge < -0.3 is 20.5 Å². The van der Waals surface area contributed by atoms with Gasteiger partial charge in [0.2, 0.25) is 5.95 Å². The molecule has 0 atom stereocenters. The van der Waals surface area contributed by atoms with Crippen LogP contribution in [0.15, 0.2) is 73.2 Å². The Morgan fingerprint density at radius 2 is 1.84 bits per heavy atom. The van der Waals surface area contributed by atoms with Gasteiger partial charge >= 0.3 is 6.18 Å². The average molecular weight is 601 g/mol. The molecule has 0 bridgehead atoms. The van der Waals surface area contributed by atoms with E-state index in [1.54, 1.807) is 36.8 Å². The van der Waals surface area contributed by atoms with Crippen LogP contribution in [0.4, 0.5) is 30.5 Å². The zero-order chi connectivity index (χ0) is 30.8. The number of nitrogens with zero attached hydrogens (tertiary/aromatic N) is 5. The molecule has 1 amide bonds. The van der Waals surface area contributed by atoms with Crippen molar-refractivity contribution < 1.29 is 18.0 Å². The zero-order valence-corrected chi connectivity index (χ0v) is 24.2. The fraction of sp³-hybridized carbons (Fsp3) is 0.250. The van der Waals surface area contributed by atoms with Crippen molar-refractivity contribution in [1.29, 1.82) is 0 Å². The summed E-state index contributed by atoms with van der Waals surface area (Å²) in [5.74, 6) is -0.298. The Morgan fingerprint density at radius 3 is 2.59 bits per heavy atom. The largest absolute Gasteiger partial charge is 0.416 e. The Labute approximate surface area is 252 Å². The molecule has 6 rings (SSSR count). The van der Waals surface area contributed by atoms with Gasteiger partial charge in [0.25, 0.3) is 5.91 Å². The van der Waals surface area contributed by atoms with Crippen LogP contribution in [0.3, 0.4) is 0 Å². The monoisotopic (exact) mass is 600 g/mol. The van der Waals surface area contributed by atoms with Gasteiger partial charge in [-0.15, -0.1) is 0 Å². The van der Waals surface area contributed by atoms with Gasteiger partial charge in [0.1, 0.15) is 5.69 Å². The van der Waals surface area contributed by atoms with Gasteiger partial charge in [-0.3, -0.25) is 14.7 Å². The number of aryl methyl sites for hydroxylation is 1. The van der Waals surface area contributed by atoms with Crippen molar-refractivity contribution in [2.75, 3.05) is 43.9 Å². The molecule has 0 saturated carbocycles. The lowest BCUT2D eigenvalue weighted by atomic mass is 10.0. The molecule has 0 radical (unpaired) electrons. The number of pyridine rings is 1. The number of aromatic amines is 1. The molecule has 3 aromatic heterocycles. The van der Waals surface area contributed by atoms with Crippen LogP contribution in [0.25, 0.3) is 22.3 Å². The standard InChI is InChI=1S/C32H31F3N8O/c1-20-5-8-24(17-27(20)40-31-39-26-9-11-37-29(26)28(41-31)22-4-3-10-36-18-22)38-30(44)21-6-7-23(25(16-21)32(33,34)35)19-43-14-12-42(2)13-15-43/h3-11,16-18,37H,12-15,19H2,1-2H3,(H,38,44)(H,39,40,41). The van der Waals surface area contributed by atoms with Crippen molar-refractivity contribution in [1.82, 2.24) is 29.7 Å². The molecule has 0 aliphatic carbocycles. The van der Waals surface area contributed by atoms with Gasteiger partial charge in [0.15, 0.2) is 0 Å². The summed E-state index contributed by atoms with van der Waals surface area (Å²) >= 11 is 0. The summed E-state index contributed by atoms with van der Waals surface area (Å²) in [6.07, 6.45) is 0.602. The predicted octanol–water partition coefficient (Wildman–Crippen LogP) is 6.09. The Hall–Kier alpha value is -4.81. The van der Waals surface area contributed by atoms with E-state index in [9.17, 15) is 18.0 Å². The molecule has 1 aliphatic rings. The lowest BCUT2D eigenvalue weighted by Gasteiger charge is -2.33. The van der Waals surface area contributed by atoms with Crippen LogP contribution in [0.5, 0.6) is 0 Å². The highest BCUT2D eigenvalue weighted by atomic mass is 19.4. The Kier molecular flexibility index (Phi) is 8.02. The van der Waals surface area contributed by atoms with E-state index in [0.717, 1.165) is 35.8 Å². The lowest BCUT2D eigenvalue weighted by Crippen LogP contribution is -2.44. The molecular formula is C32H31F3N8O. The number of piperazine rings is 1. The van der Waals surface area contributed by atoms with Crippen LogP contribution in [0.1, 0.15) is 27.0 Å². The number of hydrogen-bond donors (Lipinski definition) is 3. The van der Waals surface area contributed by atoms with Gasteiger partial charge in [-0.2, -0.15) is 13.2 Å². The van der Waals surface area contributed by atoms with Crippen LogP contribution in [-0.2, 0) is 12.7 Å². The maximum atomic E-state index is 14.1. The zero-order valence-electron chi connectivity index (χ0n) is 24.2. The first-order chi connectivity index (χ1) is 21.1. The maximum Gasteiger partial charge on any atom is 0.416 e. The maximum absolute atomic E-state index is 14.1. The molecule has 9 nitrogen and oxygen atoms in total. The Balaban J connectivity index is 1.22. The number of nitrogens with one attached hydrogen (secondary N) is 3. The number of H-pyrrole nitrogens is 1. The van der Waals surface area contributed by atoms with E-state index in [1.807, 2.05) is 37.1 Å². The molecule has 44 heavy (non-hydrogen) atoms. The number of alkyl halides is 3. The number of carbonyl (C=O) groups excluding carboxylic acids is 1. The molecule has 0 spiro atoms. The molecule has 1 aliphatic heterocycles. The van der Waals surface area contributed by atoms with Crippen molar-refractivity contribution in [3.05, 3.63) is 95.4 Å². The molecule has 12 heteroatoms. The first kappa shape index (κ1) is 29.3. The number of halogens is 3. The van der Waals surface area contributed by atoms with E-state index in [4.69, 9.17) is 4.98 Å². The quantitative estimate of drug-likeness (QED) is 0.208. The first-order valence-electron chi connectivity index (χ1n) is 14.2. The number of rotatable bonds is 7. The minimum Gasteiger partial charge on any atom is -0.358 e. The highest BCUT2D eigenvalue weighted by molar-refractivity contribution is 6.04. The summed E-state index contributed by atoms with van der Waals surface area (Å²) in [5, 5.41) is 5.97. The second-order valence-electron chi connectivity index (χ2n) is 10.9. The van der Waals surface area contributed by atoms with Crippen LogP contribution >= 0.6 is 0 Å².